The van der Waals surface area contributed by atoms with Crippen molar-refractivity contribution in [1.29, 1.82) is 0 Å². The Kier molecular flexibility index (Phi) is 4.79. The van der Waals surface area contributed by atoms with Crippen LogP contribution in [-0.2, 0) is 28.4 Å². The van der Waals surface area contributed by atoms with Gasteiger partial charge in [0.15, 0.2) is 0 Å². The fourth-order valence-electron chi connectivity index (χ4n) is 2.96. The average molecular weight is 362 g/mol. The van der Waals surface area contributed by atoms with Gasteiger partial charge in [-0.2, -0.15) is 0 Å². The molecule has 3 rings (SSSR count). The molecule has 0 spiro atoms. The second-order valence-corrected chi connectivity index (χ2v) is 9.05. The highest BCUT2D eigenvalue weighted by Gasteiger charge is 2.37. The number of rotatable bonds is 4. The van der Waals surface area contributed by atoms with Crippen molar-refractivity contribution in [2.75, 3.05) is 0 Å². The molecule has 1 unspecified atom stereocenters. The molecule has 1 aliphatic carbocycles. The Bertz CT molecular complexity index is 761. The topological polar surface area (TPSA) is 46.2 Å². The van der Waals surface area contributed by atoms with E-state index >= 15 is 0 Å². The maximum absolute atomic E-state index is 12.8. The van der Waals surface area contributed by atoms with Crippen molar-refractivity contribution in [3.05, 3.63) is 64.7 Å². The van der Waals surface area contributed by atoms with Crippen LogP contribution in [0.15, 0.2) is 53.4 Å². The van der Waals surface area contributed by atoms with E-state index in [1.165, 1.54) is 11.1 Å². The molecule has 0 fully saturated rings. The Labute approximate surface area is 149 Å². The zero-order valence-electron chi connectivity index (χ0n) is 13.7. The van der Waals surface area contributed by atoms with E-state index in [-0.39, 0.29) is 11.9 Å². The summed E-state index contributed by atoms with van der Waals surface area (Å²) in [6.07, 6.45) is 1.65. The minimum atomic E-state index is -1.45. The van der Waals surface area contributed by atoms with Gasteiger partial charge in [0.05, 0.1) is 10.8 Å². The van der Waals surface area contributed by atoms with E-state index in [0.29, 0.717) is 9.92 Å². The number of carbonyl (C=O) groups excluding carboxylic acids is 1. The number of hydrogen-bond donors (Lipinski definition) is 1. The van der Waals surface area contributed by atoms with Crippen molar-refractivity contribution in [2.45, 2.75) is 42.4 Å². The largest absolute Gasteiger partial charge is 0.351 e. The number of amides is 1. The number of halogens is 1. The van der Waals surface area contributed by atoms with Crippen molar-refractivity contribution in [3.63, 3.8) is 0 Å². The third-order valence-corrected chi connectivity index (χ3v) is 6.49. The monoisotopic (exact) mass is 361 g/mol. The van der Waals surface area contributed by atoms with Gasteiger partial charge in [-0.1, -0.05) is 35.9 Å². The van der Waals surface area contributed by atoms with Crippen molar-refractivity contribution in [3.8, 4) is 0 Å². The van der Waals surface area contributed by atoms with Gasteiger partial charge < -0.3 is 5.32 Å². The Hall–Kier alpha value is -1.65. The summed E-state index contributed by atoms with van der Waals surface area (Å²) in [4.78, 5) is 13.3. The smallest absolute Gasteiger partial charge is 0.238 e. The molecule has 0 aliphatic heterocycles. The van der Waals surface area contributed by atoms with Gasteiger partial charge in [0.2, 0.25) is 5.91 Å². The quantitative estimate of drug-likeness (QED) is 0.905. The normalized spacial score (nSPS) is 15.8. The van der Waals surface area contributed by atoms with Crippen molar-refractivity contribution in [2.24, 2.45) is 0 Å². The lowest BCUT2D eigenvalue weighted by atomic mass is 10.1. The second kappa shape index (κ2) is 6.69. The lowest BCUT2D eigenvalue weighted by Crippen LogP contribution is -2.49. The van der Waals surface area contributed by atoms with Crippen molar-refractivity contribution in [1.82, 2.24) is 5.32 Å². The van der Waals surface area contributed by atoms with Crippen LogP contribution in [0.1, 0.15) is 25.0 Å². The highest BCUT2D eigenvalue weighted by atomic mass is 35.5. The third-order valence-electron chi connectivity index (χ3n) is 4.42. The molecule has 0 saturated heterocycles. The summed E-state index contributed by atoms with van der Waals surface area (Å²) < 4.78 is 11.8. The highest BCUT2D eigenvalue weighted by Crippen LogP contribution is 2.25. The maximum Gasteiger partial charge on any atom is 0.238 e. The Morgan fingerprint density at radius 2 is 1.62 bits per heavy atom. The van der Waals surface area contributed by atoms with Crippen molar-refractivity contribution < 1.29 is 9.00 Å². The van der Waals surface area contributed by atoms with Gasteiger partial charge in [-0.05, 0) is 62.1 Å². The average Bonchev–Trinajstić information content (AvgIpc) is 2.97. The van der Waals surface area contributed by atoms with E-state index in [1.54, 1.807) is 38.1 Å². The van der Waals surface area contributed by atoms with Crippen LogP contribution >= 0.6 is 11.6 Å². The predicted octanol–water partition coefficient (Wildman–Crippen LogP) is 3.51. The van der Waals surface area contributed by atoms with Gasteiger partial charge in [0.25, 0.3) is 0 Å². The molecule has 0 heterocycles. The summed E-state index contributed by atoms with van der Waals surface area (Å²) in [6, 6.07) is 15.1. The standard InChI is InChI=1S/C19H20ClNO2S/c1-19(2,24(23)17-9-7-15(20)8-10-17)18(22)21-16-11-13-5-3-4-6-14(13)12-16/h3-10,16H,11-12H2,1-2H3,(H,21,22). The molecule has 1 N–H and O–H groups in total. The van der Waals surface area contributed by atoms with Crippen LogP contribution in [0.25, 0.3) is 0 Å². The minimum Gasteiger partial charge on any atom is -0.351 e. The molecule has 5 heteroatoms. The van der Waals surface area contributed by atoms with E-state index in [9.17, 15) is 9.00 Å². The number of benzene rings is 2. The maximum atomic E-state index is 12.8. The first-order valence-corrected chi connectivity index (χ1v) is 9.46. The predicted molar refractivity (Wildman–Crippen MR) is 97.7 cm³/mol. The number of fused-ring (bicyclic) bond motifs is 1. The summed E-state index contributed by atoms with van der Waals surface area (Å²) in [6.45, 7) is 3.43. The molecule has 0 bridgehead atoms. The van der Waals surface area contributed by atoms with Crippen LogP contribution in [0.3, 0.4) is 0 Å². The van der Waals surface area contributed by atoms with Gasteiger partial charge in [-0.25, -0.2) is 0 Å². The summed E-state index contributed by atoms with van der Waals surface area (Å²) in [5, 5.41) is 3.65. The summed E-state index contributed by atoms with van der Waals surface area (Å²) in [7, 11) is -1.45. The molecule has 1 amide bonds. The van der Waals surface area contributed by atoms with Crippen LogP contribution in [-0.4, -0.2) is 20.9 Å². The van der Waals surface area contributed by atoms with Crippen LogP contribution < -0.4 is 5.32 Å². The fraction of sp³-hybridized carbons (Fsp3) is 0.316. The first-order valence-electron chi connectivity index (χ1n) is 7.93. The molecule has 0 aromatic heterocycles. The molecule has 1 atom stereocenters. The van der Waals surface area contributed by atoms with Crippen LogP contribution in [0.5, 0.6) is 0 Å². The van der Waals surface area contributed by atoms with Crippen LogP contribution in [0.4, 0.5) is 0 Å². The van der Waals surface area contributed by atoms with Gasteiger partial charge in [-0.15, -0.1) is 0 Å². The van der Waals surface area contributed by atoms with E-state index in [0.717, 1.165) is 12.8 Å². The lowest BCUT2D eigenvalue weighted by Gasteiger charge is -2.25. The lowest BCUT2D eigenvalue weighted by molar-refractivity contribution is -0.123. The molecular formula is C19H20ClNO2S. The number of carbonyl (C=O) groups is 1. The number of hydrogen-bond acceptors (Lipinski definition) is 2. The zero-order chi connectivity index (χ0) is 17.3. The first-order chi connectivity index (χ1) is 11.4. The molecule has 126 valence electrons. The second-order valence-electron chi connectivity index (χ2n) is 6.58. The minimum absolute atomic E-state index is 0.0661. The van der Waals surface area contributed by atoms with E-state index < -0.39 is 15.5 Å². The first kappa shape index (κ1) is 17.2. The molecule has 3 nitrogen and oxygen atoms in total. The molecule has 24 heavy (non-hydrogen) atoms. The SMILES string of the molecule is CC(C)(C(=O)NC1Cc2ccccc2C1)S(=O)c1ccc(Cl)cc1. The van der Waals surface area contributed by atoms with Crippen LogP contribution in [0.2, 0.25) is 5.02 Å². The number of nitrogens with one attached hydrogen (secondary N) is 1. The molecule has 1 aliphatic rings. The van der Waals surface area contributed by atoms with E-state index in [2.05, 4.69) is 17.4 Å². The molecule has 2 aromatic rings. The Balaban J connectivity index is 1.70. The third kappa shape index (κ3) is 3.40. The van der Waals surface area contributed by atoms with E-state index in [4.69, 9.17) is 11.6 Å². The summed E-state index contributed by atoms with van der Waals surface area (Å²) >= 11 is 5.87. The molecular weight excluding hydrogens is 342 g/mol. The van der Waals surface area contributed by atoms with Gasteiger partial charge in [0, 0.05) is 16.0 Å². The summed E-state index contributed by atoms with van der Waals surface area (Å²) in [5.41, 5.74) is 2.55. The van der Waals surface area contributed by atoms with Gasteiger partial charge in [-0.3, -0.25) is 9.00 Å². The Morgan fingerprint density at radius 1 is 1.08 bits per heavy atom. The Morgan fingerprint density at radius 3 is 2.17 bits per heavy atom. The molecule has 2 aromatic carbocycles. The fourth-order valence-corrected chi connectivity index (χ4v) is 4.28. The molecule has 0 radical (unpaired) electrons. The van der Waals surface area contributed by atoms with Crippen LogP contribution in [0, 0.1) is 0 Å². The van der Waals surface area contributed by atoms with Crippen molar-refractivity contribution >= 4 is 28.3 Å². The van der Waals surface area contributed by atoms with Gasteiger partial charge >= 0.3 is 0 Å². The zero-order valence-corrected chi connectivity index (χ0v) is 15.3. The highest BCUT2D eigenvalue weighted by molar-refractivity contribution is 7.87. The molecule has 0 saturated carbocycles. The summed E-state index contributed by atoms with van der Waals surface area (Å²) in [5.74, 6) is -0.186. The van der Waals surface area contributed by atoms with Gasteiger partial charge in [0.1, 0.15) is 4.75 Å². The van der Waals surface area contributed by atoms with E-state index in [1.807, 2.05) is 12.1 Å².